The van der Waals surface area contributed by atoms with Crippen molar-refractivity contribution in [2.45, 2.75) is 20.4 Å². The smallest absolute Gasteiger partial charge is 0.275 e. The van der Waals surface area contributed by atoms with Crippen molar-refractivity contribution in [3.8, 4) is 11.5 Å². The molecule has 0 radical (unpaired) electrons. The first kappa shape index (κ1) is 20.2. The second kappa shape index (κ2) is 10.1. The number of rotatable bonds is 10. The number of nitrogens with two attached hydrogens (primary N) is 1. The molecule has 142 valence electrons. The second-order valence-electron chi connectivity index (χ2n) is 5.53. The van der Waals surface area contributed by atoms with Crippen LogP contribution in [0.3, 0.4) is 0 Å². The van der Waals surface area contributed by atoms with Gasteiger partial charge in [0.25, 0.3) is 5.91 Å². The van der Waals surface area contributed by atoms with Gasteiger partial charge in [0, 0.05) is 30.2 Å². The zero-order valence-corrected chi connectivity index (χ0v) is 16.3. The first-order valence-corrected chi connectivity index (χ1v) is 9.48. The molecule has 1 aromatic heterocycles. The van der Waals surface area contributed by atoms with E-state index in [2.05, 4.69) is 29.0 Å². The minimum atomic E-state index is -0.278. The highest BCUT2D eigenvalue weighted by Crippen LogP contribution is 2.30. The van der Waals surface area contributed by atoms with Crippen molar-refractivity contribution in [1.82, 2.24) is 9.88 Å². The van der Waals surface area contributed by atoms with Gasteiger partial charge in [-0.15, -0.1) is 11.3 Å². The van der Waals surface area contributed by atoms with Crippen LogP contribution in [0.4, 0.5) is 5.69 Å². The number of thiazole rings is 1. The molecule has 0 spiro atoms. The Bertz CT molecular complexity index is 716. The number of hydrogen-bond acceptors (Lipinski definition) is 7. The van der Waals surface area contributed by atoms with Crippen LogP contribution >= 0.6 is 11.3 Å². The Morgan fingerprint density at radius 3 is 2.69 bits per heavy atom. The zero-order chi connectivity index (χ0) is 18.9. The van der Waals surface area contributed by atoms with Crippen LogP contribution in [0.1, 0.15) is 29.3 Å². The van der Waals surface area contributed by atoms with Crippen molar-refractivity contribution < 1.29 is 14.3 Å². The molecule has 7 nitrogen and oxygen atoms in total. The highest BCUT2D eigenvalue weighted by Gasteiger charge is 2.13. The maximum Gasteiger partial charge on any atom is 0.275 e. The molecule has 0 unspecified atom stereocenters. The molecule has 8 heteroatoms. The van der Waals surface area contributed by atoms with Crippen molar-refractivity contribution in [1.29, 1.82) is 0 Å². The highest BCUT2D eigenvalue weighted by atomic mass is 32.1. The van der Waals surface area contributed by atoms with Crippen LogP contribution in [-0.4, -0.2) is 49.1 Å². The molecule has 0 aliphatic rings. The fourth-order valence-electron chi connectivity index (χ4n) is 2.40. The second-order valence-corrected chi connectivity index (χ2v) is 6.47. The van der Waals surface area contributed by atoms with Crippen LogP contribution in [0.15, 0.2) is 23.6 Å². The Morgan fingerprint density at radius 2 is 2.08 bits per heavy atom. The molecule has 0 aliphatic carbocycles. The van der Waals surface area contributed by atoms with Crippen LogP contribution in [0.25, 0.3) is 0 Å². The third-order valence-electron chi connectivity index (χ3n) is 3.94. The summed E-state index contributed by atoms with van der Waals surface area (Å²) in [6, 6.07) is 5.30. The Kier molecular flexibility index (Phi) is 7.83. The number of ether oxygens (including phenoxy) is 2. The predicted molar refractivity (Wildman–Crippen MR) is 104 cm³/mol. The summed E-state index contributed by atoms with van der Waals surface area (Å²) in [5, 5.41) is 5.25. The SMILES string of the molecule is CCN(CC)CCOc1cc(NC(=O)c2csc(CN)n2)ccc1OC. The molecule has 2 aromatic rings. The number of likely N-dealkylation sites (N-methyl/N-ethyl adjacent to an activating group) is 1. The molecule has 0 fully saturated rings. The number of carbonyl (C=O) groups excluding carboxylic acids is 1. The molecule has 1 aromatic carbocycles. The minimum Gasteiger partial charge on any atom is -0.493 e. The maximum absolute atomic E-state index is 12.3. The number of amides is 1. The summed E-state index contributed by atoms with van der Waals surface area (Å²) in [5.41, 5.74) is 6.52. The fraction of sp³-hybridized carbons (Fsp3) is 0.444. The molecule has 1 amide bonds. The molecule has 1 heterocycles. The highest BCUT2D eigenvalue weighted by molar-refractivity contribution is 7.09. The topological polar surface area (TPSA) is 89.7 Å². The average molecular weight is 378 g/mol. The number of aromatic nitrogens is 1. The van der Waals surface area contributed by atoms with E-state index in [4.69, 9.17) is 15.2 Å². The molecule has 0 atom stereocenters. The van der Waals surface area contributed by atoms with Crippen LogP contribution in [0.5, 0.6) is 11.5 Å². The van der Waals surface area contributed by atoms with Crippen LogP contribution in [0.2, 0.25) is 0 Å². The third kappa shape index (κ3) is 5.42. The van der Waals surface area contributed by atoms with E-state index >= 15 is 0 Å². The van der Waals surface area contributed by atoms with Crippen molar-refractivity contribution in [2.75, 3.05) is 38.7 Å². The van der Waals surface area contributed by atoms with E-state index in [1.807, 2.05) is 0 Å². The summed E-state index contributed by atoms with van der Waals surface area (Å²) in [5.74, 6) is 0.945. The van der Waals surface area contributed by atoms with Gasteiger partial charge in [-0.3, -0.25) is 4.79 Å². The van der Waals surface area contributed by atoms with Crippen LogP contribution in [-0.2, 0) is 6.54 Å². The Morgan fingerprint density at radius 1 is 1.31 bits per heavy atom. The Labute approximate surface area is 158 Å². The number of carbonyl (C=O) groups is 1. The number of nitrogens with one attached hydrogen (secondary N) is 1. The summed E-state index contributed by atoms with van der Waals surface area (Å²) in [6.07, 6.45) is 0. The van der Waals surface area contributed by atoms with E-state index in [1.165, 1.54) is 11.3 Å². The fourth-order valence-corrected chi connectivity index (χ4v) is 3.05. The van der Waals surface area contributed by atoms with Gasteiger partial charge < -0.3 is 25.4 Å². The van der Waals surface area contributed by atoms with E-state index < -0.39 is 0 Å². The lowest BCUT2D eigenvalue weighted by Gasteiger charge is -2.19. The average Bonchev–Trinajstić information content (AvgIpc) is 3.15. The normalized spacial score (nSPS) is 10.8. The van der Waals surface area contributed by atoms with E-state index in [1.54, 1.807) is 30.7 Å². The summed E-state index contributed by atoms with van der Waals surface area (Å²) >= 11 is 1.37. The van der Waals surface area contributed by atoms with Gasteiger partial charge in [-0.25, -0.2) is 4.98 Å². The maximum atomic E-state index is 12.3. The van der Waals surface area contributed by atoms with E-state index in [9.17, 15) is 4.79 Å². The van der Waals surface area contributed by atoms with Gasteiger partial charge >= 0.3 is 0 Å². The summed E-state index contributed by atoms with van der Waals surface area (Å²) < 4.78 is 11.2. The molecule has 26 heavy (non-hydrogen) atoms. The molecule has 0 aliphatic heterocycles. The Hall–Kier alpha value is -2.16. The summed E-state index contributed by atoms with van der Waals surface area (Å²) in [4.78, 5) is 18.8. The first-order valence-electron chi connectivity index (χ1n) is 8.60. The third-order valence-corrected chi connectivity index (χ3v) is 4.81. The molecular formula is C18H26N4O3S. The summed E-state index contributed by atoms with van der Waals surface area (Å²) in [6.45, 7) is 7.89. The van der Waals surface area contributed by atoms with Crippen molar-refractivity contribution in [2.24, 2.45) is 5.73 Å². The van der Waals surface area contributed by atoms with Gasteiger partial charge in [0.2, 0.25) is 0 Å². The predicted octanol–water partition coefficient (Wildman–Crippen LogP) is 2.58. The van der Waals surface area contributed by atoms with Gasteiger partial charge in [-0.05, 0) is 25.2 Å². The standard InChI is InChI=1S/C18H26N4O3S/c1-4-22(5-2)8-9-25-16-10-13(6-7-15(16)24-3)20-18(23)14-12-26-17(11-19)21-14/h6-7,10,12H,4-5,8-9,11,19H2,1-3H3,(H,20,23). The molecule has 0 saturated heterocycles. The number of anilines is 1. The van der Waals surface area contributed by atoms with Crippen molar-refractivity contribution in [3.63, 3.8) is 0 Å². The largest absolute Gasteiger partial charge is 0.493 e. The van der Waals surface area contributed by atoms with E-state index in [-0.39, 0.29) is 5.91 Å². The number of hydrogen-bond donors (Lipinski definition) is 2. The minimum absolute atomic E-state index is 0.278. The van der Waals surface area contributed by atoms with E-state index in [0.717, 1.165) is 24.6 Å². The summed E-state index contributed by atoms with van der Waals surface area (Å²) in [7, 11) is 1.59. The lowest BCUT2D eigenvalue weighted by Crippen LogP contribution is -2.28. The molecule has 3 N–H and O–H groups in total. The lowest BCUT2D eigenvalue weighted by atomic mass is 10.2. The molecular weight excluding hydrogens is 352 g/mol. The number of nitrogens with zero attached hydrogens (tertiary/aromatic N) is 2. The van der Waals surface area contributed by atoms with Gasteiger partial charge in [0.15, 0.2) is 11.5 Å². The van der Waals surface area contributed by atoms with Crippen molar-refractivity contribution >= 4 is 22.9 Å². The molecule has 0 saturated carbocycles. The zero-order valence-electron chi connectivity index (χ0n) is 15.4. The van der Waals surface area contributed by atoms with Gasteiger partial charge in [-0.2, -0.15) is 0 Å². The number of methoxy groups -OCH3 is 1. The number of benzene rings is 1. The molecule has 0 bridgehead atoms. The van der Waals surface area contributed by atoms with Gasteiger partial charge in [0.05, 0.1) is 7.11 Å². The van der Waals surface area contributed by atoms with Crippen LogP contribution < -0.4 is 20.5 Å². The first-order chi connectivity index (χ1) is 12.6. The lowest BCUT2D eigenvalue weighted by molar-refractivity contribution is 0.102. The van der Waals surface area contributed by atoms with Crippen LogP contribution in [0, 0.1) is 0 Å². The quantitative estimate of drug-likeness (QED) is 0.660. The monoisotopic (exact) mass is 378 g/mol. The van der Waals surface area contributed by atoms with Gasteiger partial charge in [-0.1, -0.05) is 13.8 Å². The van der Waals surface area contributed by atoms with Crippen molar-refractivity contribution in [3.05, 3.63) is 34.3 Å². The molecule has 2 rings (SSSR count). The van der Waals surface area contributed by atoms with E-state index in [0.29, 0.717) is 36.0 Å². The Balaban J connectivity index is 2.04. The van der Waals surface area contributed by atoms with Gasteiger partial charge in [0.1, 0.15) is 17.3 Å².